The third kappa shape index (κ3) is 3.99. The summed E-state index contributed by atoms with van der Waals surface area (Å²) in [5.74, 6) is 1.39. The topological polar surface area (TPSA) is 108 Å². The Morgan fingerprint density at radius 1 is 1.36 bits per heavy atom. The van der Waals surface area contributed by atoms with Gasteiger partial charge >= 0.3 is 5.69 Å². The number of nitrogens with two attached hydrogens (primary N) is 1. The van der Waals surface area contributed by atoms with Gasteiger partial charge < -0.3 is 15.4 Å². The monoisotopic (exact) mass is 450 g/mol. The number of benzene rings is 1. The lowest BCUT2D eigenvalue weighted by atomic mass is 10.1. The molecule has 9 heteroatoms. The SMILES string of the molecule is C=CC(=O)N1CCC[C@@H](n2c(=O)n(-c3ccc(C)c(OC)c3)c3c(N)nc(CCC)nc32)C1. The van der Waals surface area contributed by atoms with Gasteiger partial charge in [0.15, 0.2) is 11.5 Å². The van der Waals surface area contributed by atoms with Gasteiger partial charge in [-0.15, -0.1) is 0 Å². The van der Waals surface area contributed by atoms with Crippen LogP contribution in [0.5, 0.6) is 5.75 Å². The normalized spacial score (nSPS) is 16.2. The average molecular weight is 451 g/mol. The van der Waals surface area contributed by atoms with Crippen LogP contribution >= 0.6 is 0 Å². The molecular weight excluding hydrogens is 420 g/mol. The molecule has 3 heterocycles. The molecule has 0 saturated carbocycles. The Kier molecular flexibility index (Phi) is 6.22. The first kappa shape index (κ1) is 22.6. The number of imidazole rings is 1. The van der Waals surface area contributed by atoms with E-state index in [0.717, 1.165) is 24.8 Å². The van der Waals surface area contributed by atoms with Crippen molar-refractivity contribution >= 4 is 22.9 Å². The lowest BCUT2D eigenvalue weighted by Gasteiger charge is -2.32. The van der Waals surface area contributed by atoms with E-state index in [9.17, 15) is 9.59 Å². The Hall–Kier alpha value is -3.62. The zero-order valence-electron chi connectivity index (χ0n) is 19.4. The summed E-state index contributed by atoms with van der Waals surface area (Å²) in [5.41, 5.74) is 8.69. The van der Waals surface area contributed by atoms with Gasteiger partial charge in [-0.05, 0) is 43.9 Å². The Bertz CT molecular complexity index is 1280. The van der Waals surface area contributed by atoms with Gasteiger partial charge in [0.05, 0.1) is 18.8 Å². The third-order valence-corrected chi connectivity index (χ3v) is 6.16. The van der Waals surface area contributed by atoms with Crippen LogP contribution in [0.25, 0.3) is 16.9 Å². The second-order valence-electron chi connectivity index (χ2n) is 8.37. The van der Waals surface area contributed by atoms with Crippen LogP contribution in [0.1, 0.15) is 43.6 Å². The van der Waals surface area contributed by atoms with Gasteiger partial charge in [-0.2, -0.15) is 0 Å². The summed E-state index contributed by atoms with van der Waals surface area (Å²) in [6, 6.07) is 5.35. The second kappa shape index (κ2) is 9.09. The first-order chi connectivity index (χ1) is 15.9. The highest BCUT2D eigenvalue weighted by Crippen LogP contribution is 2.29. The number of aromatic nitrogens is 4. The first-order valence-corrected chi connectivity index (χ1v) is 11.2. The van der Waals surface area contributed by atoms with Crippen LogP contribution in [-0.4, -0.2) is 50.1 Å². The molecule has 1 saturated heterocycles. The highest BCUT2D eigenvalue weighted by molar-refractivity contribution is 5.87. The third-order valence-electron chi connectivity index (χ3n) is 6.16. The number of carbonyl (C=O) groups is 1. The van der Waals surface area contributed by atoms with Crippen LogP contribution in [0.2, 0.25) is 0 Å². The van der Waals surface area contributed by atoms with Crippen LogP contribution < -0.4 is 16.2 Å². The van der Waals surface area contributed by atoms with E-state index >= 15 is 0 Å². The standard InChI is InChI=1S/C24H30N6O3/c1-5-8-19-26-22(25)21-23(27-19)30(17-9-7-12-28(14-17)20(31)6-2)24(32)29(21)16-11-10-15(3)18(13-16)33-4/h6,10-11,13,17H,2,5,7-9,12,14H2,1,3-4H3,(H2,25,26,27)/t17-/m1/s1. The van der Waals surface area contributed by atoms with Crippen molar-refractivity contribution in [2.45, 2.75) is 45.6 Å². The second-order valence-corrected chi connectivity index (χ2v) is 8.37. The van der Waals surface area contributed by atoms with E-state index in [0.29, 0.717) is 47.9 Å². The summed E-state index contributed by atoms with van der Waals surface area (Å²) in [6.07, 6.45) is 4.36. The lowest BCUT2D eigenvalue weighted by Crippen LogP contribution is -2.42. The summed E-state index contributed by atoms with van der Waals surface area (Å²) < 4.78 is 8.71. The number of nitrogens with zero attached hydrogens (tertiary/aromatic N) is 5. The van der Waals surface area contributed by atoms with Crippen molar-refractivity contribution in [1.82, 2.24) is 24.0 Å². The summed E-state index contributed by atoms with van der Waals surface area (Å²) in [7, 11) is 1.60. The number of fused-ring (bicyclic) bond motifs is 1. The van der Waals surface area contributed by atoms with Gasteiger partial charge in [-0.1, -0.05) is 19.6 Å². The fourth-order valence-electron chi connectivity index (χ4n) is 4.53. The highest BCUT2D eigenvalue weighted by Gasteiger charge is 2.30. The number of likely N-dealkylation sites (tertiary alicyclic amines) is 1. The molecule has 1 aliphatic rings. The van der Waals surface area contributed by atoms with E-state index in [1.54, 1.807) is 21.1 Å². The van der Waals surface area contributed by atoms with Crippen LogP contribution in [-0.2, 0) is 11.2 Å². The zero-order valence-corrected chi connectivity index (χ0v) is 19.4. The van der Waals surface area contributed by atoms with Gasteiger partial charge in [-0.25, -0.2) is 14.8 Å². The minimum atomic E-state index is -0.261. The maximum Gasteiger partial charge on any atom is 0.335 e. The summed E-state index contributed by atoms with van der Waals surface area (Å²) in [6.45, 7) is 8.63. The smallest absolute Gasteiger partial charge is 0.335 e. The van der Waals surface area contributed by atoms with Crippen LogP contribution in [0.3, 0.4) is 0 Å². The molecule has 0 unspecified atom stereocenters. The average Bonchev–Trinajstić information content (AvgIpc) is 3.11. The first-order valence-electron chi connectivity index (χ1n) is 11.2. The van der Waals surface area contributed by atoms with E-state index < -0.39 is 0 Å². The molecule has 0 radical (unpaired) electrons. The molecule has 1 atom stereocenters. The number of anilines is 1. The molecule has 1 aliphatic heterocycles. The molecule has 1 amide bonds. The van der Waals surface area contributed by atoms with E-state index in [-0.39, 0.29) is 23.5 Å². The van der Waals surface area contributed by atoms with Crippen molar-refractivity contribution in [2.24, 2.45) is 0 Å². The van der Waals surface area contributed by atoms with Crippen molar-refractivity contribution in [2.75, 3.05) is 25.9 Å². The van der Waals surface area contributed by atoms with E-state index in [4.69, 9.17) is 15.5 Å². The largest absolute Gasteiger partial charge is 0.496 e. The fraction of sp³-hybridized carbons (Fsp3) is 0.417. The van der Waals surface area contributed by atoms with Crippen LogP contribution in [0.4, 0.5) is 5.82 Å². The molecule has 1 aromatic carbocycles. The fourth-order valence-corrected chi connectivity index (χ4v) is 4.53. The van der Waals surface area contributed by atoms with Gasteiger partial charge in [-0.3, -0.25) is 13.9 Å². The minimum Gasteiger partial charge on any atom is -0.496 e. The molecule has 1 fully saturated rings. The number of hydrogen-bond donors (Lipinski definition) is 1. The van der Waals surface area contributed by atoms with Gasteiger partial charge in [0, 0.05) is 25.6 Å². The van der Waals surface area contributed by atoms with Crippen molar-refractivity contribution in [3.05, 3.63) is 52.7 Å². The number of ether oxygens (including phenoxy) is 1. The molecule has 2 aromatic heterocycles. The zero-order chi connectivity index (χ0) is 23.7. The summed E-state index contributed by atoms with van der Waals surface area (Å²) in [4.78, 5) is 37.1. The van der Waals surface area contributed by atoms with Gasteiger partial charge in [0.25, 0.3) is 0 Å². The predicted molar refractivity (Wildman–Crippen MR) is 128 cm³/mol. The van der Waals surface area contributed by atoms with E-state index in [1.165, 1.54) is 6.08 Å². The number of rotatable bonds is 6. The number of amides is 1. The van der Waals surface area contributed by atoms with Gasteiger partial charge in [0.2, 0.25) is 5.91 Å². The van der Waals surface area contributed by atoms with Crippen molar-refractivity contribution in [1.29, 1.82) is 0 Å². The van der Waals surface area contributed by atoms with E-state index in [1.807, 2.05) is 32.0 Å². The maximum absolute atomic E-state index is 13.9. The Balaban J connectivity index is 1.96. The van der Waals surface area contributed by atoms with E-state index in [2.05, 4.69) is 11.6 Å². The highest BCUT2D eigenvalue weighted by atomic mass is 16.5. The maximum atomic E-state index is 13.9. The molecule has 4 rings (SSSR count). The molecule has 2 N–H and O–H groups in total. The minimum absolute atomic E-state index is 0.138. The molecule has 33 heavy (non-hydrogen) atoms. The molecule has 3 aromatic rings. The predicted octanol–water partition coefficient (Wildman–Crippen LogP) is 2.78. The van der Waals surface area contributed by atoms with Crippen LogP contribution in [0, 0.1) is 6.92 Å². The molecular formula is C24H30N6O3. The number of piperidine rings is 1. The summed E-state index contributed by atoms with van der Waals surface area (Å²) >= 11 is 0. The molecule has 174 valence electrons. The van der Waals surface area contributed by atoms with Crippen molar-refractivity contribution in [3.8, 4) is 11.4 Å². The lowest BCUT2D eigenvalue weighted by molar-refractivity contribution is -0.127. The number of hydrogen-bond acceptors (Lipinski definition) is 6. The Morgan fingerprint density at radius 3 is 2.85 bits per heavy atom. The van der Waals surface area contributed by atoms with Crippen LogP contribution in [0.15, 0.2) is 35.6 Å². The molecule has 0 aliphatic carbocycles. The van der Waals surface area contributed by atoms with Crippen molar-refractivity contribution < 1.29 is 9.53 Å². The van der Waals surface area contributed by atoms with Crippen molar-refractivity contribution in [3.63, 3.8) is 0 Å². The molecule has 0 bridgehead atoms. The number of carbonyl (C=O) groups excluding carboxylic acids is 1. The van der Waals surface area contributed by atoms with Gasteiger partial charge in [0.1, 0.15) is 17.1 Å². The molecule has 0 spiro atoms. The summed E-state index contributed by atoms with van der Waals surface area (Å²) in [5, 5.41) is 0. The number of aryl methyl sites for hydroxylation is 2. The quantitative estimate of drug-likeness (QED) is 0.579. The Labute approximate surface area is 192 Å². The molecule has 9 nitrogen and oxygen atoms in total. The number of methoxy groups -OCH3 is 1. The Morgan fingerprint density at radius 2 is 2.15 bits per heavy atom. The number of nitrogen functional groups attached to an aromatic ring is 1.